The highest BCUT2D eigenvalue weighted by Crippen LogP contribution is 2.29. The Morgan fingerprint density at radius 2 is 1.94 bits per heavy atom. The fraction of sp³-hybridized carbons (Fsp3) is 0.600. The molecule has 0 aliphatic carbocycles. The Hall–Kier alpha value is -0.860. The number of benzene rings is 1. The summed E-state index contributed by atoms with van der Waals surface area (Å²) in [7, 11) is 4.29. The Morgan fingerprint density at radius 3 is 2.59 bits per heavy atom. The smallest absolute Gasteiger partial charge is 0.0230 e. The van der Waals surface area contributed by atoms with E-state index >= 15 is 0 Å². The van der Waals surface area contributed by atoms with E-state index in [-0.39, 0.29) is 0 Å². The van der Waals surface area contributed by atoms with Gasteiger partial charge in [0.25, 0.3) is 0 Å². The summed E-state index contributed by atoms with van der Waals surface area (Å²) in [5.74, 6) is 0.756. The van der Waals surface area contributed by atoms with Gasteiger partial charge in [0, 0.05) is 6.54 Å². The van der Waals surface area contributed by atoms with E-state index in [4.69, 9.17) is 0 Å². The lowest BCUT2D eigenvalue weighted by atomic mass is 9.86. The van der Waals surface area contributed by atoms with Crippen molar-refractivity contribution < 1.29 is 0 Å². The van der Waals surface area contributed by atoms with Gasteiger partial charge in [0.1, 0.15) is 0 Å². The van der Waals surface area contributed by atoms with E-state index < -0.39 is 0 Å². The highest BCUT2D eigenvalue weighted by molar-refractivity contribution is 5.34. The maximum Gasteiger partial charge on any atom is 0.0230 e. The third kappa shape index (κ3) is 3.30. The van der Waals surface area contributed by atoms with Crippen LogP contribution in [0.5, 0.6) is 0 Å². The normalized spacial score (nSPS) is 17.6. The fourth-order valence-corrected chi connectivity index (χ4v) is 2.74. The summed E-state index contributed by atoms with van der Waals surface area (Å²) in [5.41, 5.74) is 4.47. The molecule has 0 aromatic heterocycles. The van der Waals surface area contributed by atoms with Crippen LogP contribution in [0.3, 0.4) is 0 Å². The minimum atomic E-state index is 0.756. The van der Waals surface area contributed by atoms with Gasteiger partial charge in [-0.25, -0.2) is 0 Å². The second-order valence-electron chi connectivity index (χ2n) is 5.46. The third-order valence-corrected chi connectivity index (χ3v) is 3.56. The molecule has 1 aliphatic heterocycles. The molecule has 1 aromatic carbocycles. The quantitative estimate of drug-likeness (QED) is 0.861. The molecule has 1 aliphatic rings. The van der Waals surface area contributed by atoms with Gasteiger partial charge < -0.3 is 10.2 Å². The van der Waals surface area contributed by atoms with E-state index in [0.29, 0.717) is 0 Å². The zero-order valence-corrected chi connectivity index (χ0v) is 11.3. The number of hydrogen-bond acceptors (Lipinski definition) is 2. The van der Waals surface area contributed by atoms with Crippen molar-refractivity contribution in [1.29, 1.82) is 0 Å². The van der Waals surface area contributed by atoms with Gasteiger partial charge in [-0.1, -0.05) is 23.8 Å². The van der Waals surface area contributed by atoms with Gasteiger partial charge in [-0.05, 0) is 64.0 Å². The van der Waals surface area contributed by atoms with Gasteiger partial charge in [-0.15, -0.1) is 0 Å². The summed E-state index contributed by atoms with van der Waals surface area (Å²) < 4.78 is 0. The first kappa shape index (κ1) is 12.6. The average Bonchev–Trinajstić information content (AvgIpc) is 2.29. The predicted octanol–water partition coefficient (Wildman–Crippen LogP) is 2.52. The van der Waals surface area contributed by atoms with Crippen LogP contribution >= 0.6 is 0 Å². The van der Waals surface area contributed by atoms with Crippen LogP contribution in [0, 0.1) is 6.92 Å². The lowest BCUT2D eigenvalue weighted by molar-refractivity contribution is 0.394. The Labute approximate surface area is 105 Å². The maximum absolute atomic E-state index is 3.45. The molecule has 94 valence electrons. The van der Waals surface area contributed by atoms with Gasteiger partial charge in [0.05, 0.1) is 0 Å². The second-order valence-corrected chi connectivity index (χ2v) is 5.46. The van der Waals surface area contributed by atoms with Crippen LogP contribution in [0.2, 0.25) is 0 Å². The number of aryl methyl sites for hydroxylation is 1. The molecule has 2 nitrogen and oxygen atoms in total. The molecule has 0 saturated carbocycles. The van der Waals surface area contributed by atoms with Gasteiger partial charge in [0.15, 0.2) is 0 Å². The molecule has 0 spiro atoms. The highest BCUT2D eigenvalue weighted by atomic mass is 15.0. The monoisotopic (exact) mass is 232 g/mol. The lowest BCUT2D eigenvalue weighted by Crippen LogP contribution is -2.27. The molecule has 1 N–H and O–H groups in total. The summed E-state index contributed by atoms with van der Waals surface area (Å²) in [6.45, 7) is 5.58. The molecule has 0 amide bonds. The van der Waals surface area contributed by atoms with Crippen molar-refractivity contribution in [2.75, 3.05) is 27.2 Å². The van der Waals surface area contributed by atoms with Crippen molar-refractivity contribution in [3.63, 3.8) is 0 Å². The van der Waals surface area contributed by atoms with Crippen LogP contribution in [-0.2, 0) is 6.54 Å². The molecule has 0 unspecified atom stereocenters. The first-order valence-corrected chi connectivity index (χ1v) is 6.61. The first-order valence-electron chi connectivity index (χ1n) is 6.61. The second kappa shape index (κ2) is 5.65. The zero-order valence-electron chi connectivity index (χ0n) is 11.3. The highest BCUT2D eigenvalue weighted by Gasteiger charge is 2.18. The van der Waals surface area contributed by atoms with E-state index in [2.05, 4.69) is 49.4 Å². The first-order chi connectivity index (χ1) is 8.16. The van der Waals surface area contributed by atoms with Crippen LogP contribution in [0.1, 0.15) is 35.4 Å². The van der Waals surface area contributed by atoms with Gasteiger partial charge in [0.2, 0.25) is 0 Å². The number of hydrogen-bond donors (Lipinski definition) is 1. The molecule has 17 heavy (non-hydrogen) atoms. The fourth-order valence-electron chi connectivity index (χ4n) is 2.74. The number of piperidine rings is 1. The van der Waals surface area contributed by atoms with Crippen molar-refractivity contribution in [1.82, 2.24) is 10.2 Å². The van der Waals surface area contributed by atoms with E-state index in [1.165, 1.54) is 37.1 Å². The minimum absolute atomic E-state index is 0.756. The minimum Gasteiger partial charge on any atom is -0.317 e. The molecule has 2 rings (SSSR count). The van der Waals surface area contributed by atoms with E-state index in [9.17, 15) is 0 Å². The molecule has 1 heterocycles. The van der Waals surface area contributed by atoms with Gasteiger partial charge in [-0.3, -0.25) is 0 Å². The molecule has 0 atom stereocenters. The van der Waals surface area contributed by atoms with Crippen molar-refractivity contribution in [2.45, 2.75) is 32.2 Å². The maximum atomic E-state index is 3.45. The molecule has 2 heteroatoms. The zero-order chi connectivity index (χ0) is 12.3. The predicted molar refractivity (Wildman–Crippen MR) is 73.4 cm³/mol. The van der Waals surface area contributed by atoms with Crippen LogP contribution in [0.4, 0.5) is 0 Å². The van der Waals surface area contributed by atoms with E-state index in [0.717, 1.165) is 12.5 Å². The van der Waals surface area contributed by atoms with Crippen LogP contribution < -0.4 is 5.32 Å². The Kier molecular flexibility index (Phi) is 4.19. The number of nitrogens with one attached hydrogen (secondary N) is 1. The molecule has 1 saturated heterocycles. The van der Waals surface area contributed by atoms with Crippen molar-refractivity contribution >= 4 is 0 Å². The summed E-state index contributed by atoms with van der Waals surface area (Å²) >= 11 is 0. The van der Waals surface area contributed by atoms with Crippen LogP contribution in [0.25, 0.3) is 0 Å². The summed E-state index contributed by atoms with van der Waals surface area (Å²) in [5, 5.41) is 3.45. The molecule has 0 bridgehead atoms. The number of nitrogens with zero attached hydrogens (tertiary/aromatic N) is 1. The molecule has 1 aromatic rings. The summed E-state index contributed by atoms with van der Waals surface area (Å²) in [6, 6.07) is 6.97. The summed E-state index contributed by atoms with van der Waals surface area (Å²) in [6.07, 6.45) is 2.56. The topological polar surface area (TPSA) is 15.3 Å². The molecule has 1 fully saturated rings. The van der Waals surface area contributed by atoms with Crippen molar-refractivity contribution in [3.8, 4) is 0 Å². The number of rotatable bonds is 3. The Bertz CT molecular complexity index is 365. The van der Waals surface area contributed by atoms with E-state index in [1.807, 2.05) is 0 Å². The van der Waals surface area contributed by atoms with Crippen molar-refractivity contribution in [2.24, 2.45) is 0 Å². The molecule has 0 radical (unpaired) electrons. The van der Waals surface area contributed by atoms with Crippen LogP contribution in [-0.4, -0.2) is 32.1 Å². The Morgan fingerprint density at radius 1 is 1.24 bits per heavy atom. The van der Waals surface area contributed by atoms with Crippen LogP contribution in [0.15, 0.2) is 18.2 Å². The lowest BCUT2D eigenvalue weighted by Gasteiger charge is -2.26. The van der Waals surface area contributed by atoms with Crippen molar-refractivity contribution in [3.05, 3.63) is 34.9 Å². The SMILES string of the molecule is Cc1ccc(C2CCNCC2)c(CN(C)C)c1. The molecular formula is C15H24N2. The standard InChI is InChI=1S/C15H24N2/c1-12-4-5-15(13-6-8-16-9-7-13)14(10-12)11-17(2)3/h4-5,10,13,16H,6-9,11H2,1-3H3. The van der Waals surface area contributed by atoms with Gasteiger partial charge in [-0.2, -0.15) is 0 Å². The summed E-state index contributed by atoms with van der Waals surface area (Å²) in [4.78, 5) is 2.26. The van der Waals surface area contributed by atoms with E-state index in [1.54, 1.807) is 5.56 Å². The molecular weight excluding hydrogens is 208 g/mol. The average molecular weight is 232 g/mol. The third-order valence-electron chi connectivity index (χ3n) is 3.56. The Balaban J connectivity index is 2.24. The van der Waals surface area contributed by atoms with Gasteiger partial charge >= 0.3 is 0 Å². The largest absolute Gasteiger partial charge is 0.317 e.